The summed E-state index contributed by atoms with van der Waals surface area (Å²) in [6, 6.07) is 17.0. The van der Waals surface area contributed by atoms with Crippen LogP contribution in [0.15, 0.2) is 70.5 Å². The molecule has 0 saturated heterocycles. The van der Waals surface area contributed by atoms with Crippen LogP contribution in [0.2, 0.25) is 22.2 Å². The normalized spacial score (nSPS) is 14.6. The van der Waals surface area contributed by atoms with E-state index in [9.17, 15) is 16.8 Å². The molecular formula is C32H44N2O4S2Si. The molecule has 0 atom stereocenters. The first-order chi connectivity index (χ1) is 19.1. The third kappa shape index (κ3) is 5.99. The zero-order valence-electron chi connectivity index (χ0n) is 25.4. The summed E-state index contributed by atoms with van der Waals surface area (Å²) in [6.07, 6.45) is 1.45. The quantitative estimate of drug-likeness (QED) is 0.227. The Morgan fingerprint density at radius 2 is 0.902 bits per heavy atom. The molecule has 41 heavy (non-hydrogen) atoms. The van der Waals surface area contributed by atoms with Crippen molar-refractivity contribution in [3.8, 4) is 0 Å². The van der Waals surface area contributed by atoms with E-state index in [2.05, 4.69) is 51.0 Å². The number of aryl methyl sites for hydroxylation is 2. The molecule has 3 aromatic carbocycles. The molecule has 0 saturated carbocycles. The molecule has 0 fully saturated rings. The Balaban J connectivity index is 1.82. The van der Waals surface area contributed by atoms with Crippen molar-refractivity contribution in [3.63, 3.8) is 0 Å². The number of rotatable bonds is 10. The molecule has 0 spiro atoms. The molecule has 0 bridgehead atoms. The van der Waals surface area contributed by atoms with Crippen molar-refractivity contribution in [2.75, 3.05) is 9.44 Å². The summed E-state index contributed by atoms with van der Waals surface area (Å²) in [4.78, 5) is 0.400. The Morgan fingerprint density at radius 3 is 1.20 bits per heavy atom. The maximum Gasteiger partial charge on any atom is 0.261 e. The van der Waals surface area contributed by atoms with E-state index in [1.54, 1.807) is 60.7 Å². The maximum absolute atomic E-state index is 13.4. The number of fused-ring (bicyclic) bond motifs is 1. The minimum atomic E-state index is -3.83. The second-order valence-electron chi connectivity index (χ2n) is 12.5. The molecule has 0 unspecified atom stereocenters. The van der Waals surface area contributed by atoms with Gasteiger partial charge in [-0.05, 0) is 79.8 Å². The lowest BCUT2D eigenvalue weighted by molar-refractivity contribution is 0.599. The zero-order chi connectivity index (χ0) is 30.3. The summed E-state index contributed by atoms with van der Waals surface area (Å²) in [5.74, 6) is 0. The lowest BCUT2D eigenvalue weighted by Crippen LogP contribution is -2.49. The van der Waals surface area contributed by atoms with Crippen LogP contribution in [-0.4, -0.2) is 24.9 Å². The minimum Gasteiger partial charge on any atom is -0.279 e. The van der Waals surface area contributed by atoms with Gasteiger partial charge in [0.15, 0.2) is 0 Å². The first kappa shape index (κ1) is 31.3. The first-order valence-electron chi connectivity index (χ1n) is 14.4. The molecule has 6 nitrogen and oxygen atoms in total. The van der Waals surface area contributed by atoms with E-state index < -0.39 is 28.1 Å². The van der Waals surface area contributed by atoms with E-state index in [4.69, 9.17) is 0 Å². The highest BCUT2D eigenvalue weighted by molar-refractivity contribution is 7.93. The largest absolute Gasteiger partial charge is 0.279 e. The van der Waals surface area contributed by atoms with Crippen molar-refractivity contribution >= 4 is 39.5 Å². The third-order valence-electron chi connectivity index (χ3n) is 9.19. The second kappa shape index (κ2) is 11.6. The summed E-state index contributed by atoms with van der Waals surface area (Å²) in [5, 5.41) is 0. The predicted molar refractivity (Wildman–Crippen MR) is 173 cm³/mol. The van der Waals surface area contributed by atoms with E-state index in [0.29, 0.717) is 33.5 Å². The van der Waals surface area contributed by atoms with Crippen LogP contribution in [-0.2, 0) is 32.9 Å². The fourth-order valence-corrected chi connectivity index (χ4v) is 17.7. The molecule has 3 aromatic rings. The van der Waals surface area contributed by atoms with Gasteiger partial charge in [-0.15, -0.1) is 0 Å². The molecular weight excluding hydrogens is 569 g/mol. The van der Waals surface area contributed by atoms with Gasteiger partial charge in [0.1, 0.15) is 0 Å². The van der Waals surface area contributed by atoms with Gasteiger partial charge < -0.3 is 0 Å². The van der Waals surface area contributed by atoms with Gasteiger partial charge in [0.2, 0.25) is 0 Å². The van der Waals surface area contributed by atoms with E-state index in [-0.39, 0.29) is 9.79 Å². The van der Waals surface area contributed by atoms with Crippen LogP contribution in [0.25, 0.3) is 0 Å². The molecule has 222 valence electrons. The maximum atomic E-state index is 13.4. The van der Waals surface area contributed by atoms with Crippen LogP contribution >= 0.6 is 0 Å². The number of hydrogen-bond donors (Lipinski definition) is 2. The Bertz CT molecular complexity index is 1490. The van der Waals surface area contributed by atoms with Gasteiger partial charge in [-0.3, -0.25) is 9.44 Å². The van der Waals surface area contributed by atoms with Crippen LogP contribution in [0, 0.1) is 13.8 Å². The van der Waals surface area contributed by atoms with Gasteiger partial charge >= 0.3 is 0 Å². The number of benzene rings is 3. The molecule has 1 aliphatic carbocycles. The highest BCUT2D eigenvalue weighted by Gasteiger charge is 2.51. The Kier molecular flexibility index (Phi) is 8.84. The number of nitrogens with one attached hydrogen (secondary N) is 2. The SMILES string of the molecule is Cc1ccc(S(=O)(=O)Nc2ccc(NS(=O)(=O)c3ccc(C)cc3)c3c2CC([Si](C(C)C)(C(C)C)C(C)C)C3)cc1. The number of anilines is 2. The lowest BCUT2D eigenvalue weighted by Gasteiger charge is -2.48. The van der Waals surface area contributed by atoms with Crippen molar-refractivity contribution < 1.29 is 16.8 Å². The molecule has 0 radical (unpaired) electrons. The van der Waals surface area contributed by atoms with Crippen molar-refractivity contribution in [1.82, 2.24) is 0 Å². The van der Waals surface area contributed by atoms with Crippen LogP contribution in [0.3, 0.4) is 0 Å². The van der Waals surface area contributed by atoms with Crippen LogP contribution in [0.5, 0.6) is 0 Å². The first-order valence-corrected chi connectivity index (χ1v) is 19.7. The number of sulfonamides is 2. The summed E-state index contributed by atoms with van der Waals surface area (Å²) < 4.78 is 59.4. The fraction of sp³-hybridized carbons (Fsp3) is 0.438. The van der Waals surface area contributed by atoms with Crippen LogP contribution < -0.4 is 9.44 Å². The van der Waals surface area contributed by atoms with E-state index in [1.165, 1.54) is 0 Å². The van der Waals surface area contributed by atoms with Gasteiger partial charge in [0.05, 0.1) is 29.2 Å². The summed E-state index contributed by atoms with van der Waals surface area (Å²) >= 11 is 0. The van der Waals surface area contributed by atoms with Gasteiger partial charge in [-0.1, -0.05) is 93.6 Å². The van der Waals surface area contributed by atoms with Gasteiger partial charge in [-0.25, -0.2) is 16.8 Å². The molecule has 4 rings (SSSR count). The topological polar surface area (TPSA) is 92.3 Å². The zero-order valence-corrected chi connectivity index (χ0v) is 28.1. The van der Waals surface area contributed by atoms with Crippen molar-refractivity contribution in [2.45, 2.75) is 100 Å². The average molecular weight is 613 g/mol. The smallest absolute Gasteiger partial charge is 0.261 e. The summed E-state index contributed by atoms with van der Waals surface area (Å²) in [5.41, 5.74) is 6.71. The van der Waals surface area contributed by atoms with Crippen molar-refractivity contribution in [3.05, 3.63) is 82.9 Å². The van der Waals surface area contributed by atoms with E-state index in [1.807, 2.05) is 13.8 Å². The minimum absolute atomic E-state index is 0.200. The standard InChI is InChI=1S/C32H44N2O4S2Si/c1-21(2)41(22(3)4,23(5)6)28-19-29-30(20-28)32(34-40(37,38)27-15-11-25(8)12-16-27)18-17-31(29)33-39(35,36)26-13-9-24(7)10-14-26/h9-18,21-23,28,33-34H,19-20H2,1-8H3. The molecule has 0 amide bonds. The molecule has 1 aliphatic rings. The molecule has 0 aliphatic heterocycles. The molecule has 0 heterocycles. The highest BCUT2D eigenvalue weighted by Crippen LogP contribution is 2.55. The third-order valence-corrected chi connectivity index (χ3v) is 19.8. The van der Waals surface area contributed by atoms with E-state index in [0.717, 1.165) is 35.1 Å². The van der Waals surface area contributed by atoms with Crippen LogP contribution in [0.4, 0.5) is 11.4 Å². The Hall–Kier alpha value is -2.62. The Morgan fingerprint density at radius 1 is 0.585 bits per heavy atom. The van der Waals surface area contributed by atoms with E-state index >= 15 is 0 Å². The molecule has 9 heteroatoms. The molecule has 0 aromatic heterocycles. The fourth-order valence-electron chi connectivity index (χ4n) is 7.53. The van der Waals surface area contributed by atoms with Crippen molar-refractivity contribution in [1.29, 1.82) is 0 Å². The monoisotopic (exact) mass is 612 g/mol. The Labute approximate surface area is 248 Å². The highest BCUT2D eigenvalue weighted by atomic mass is 32.2. The molecule has 2 N–H and O–H groups in total. The average Bonchev–Trinajstić information content (AvgIpc) is 3.32. The predicted octanol–water partition coefficient (Wildman–Crippen LogP) is 8.05. The summed E-state index contributed by atoms with van der Waals surface area (Å²) in [7, 11) is -9.60. The number of hydrogen-bond acceptors (Lipinski definition) is 4. The van der Waals surface area contributed by atoms with Gasteiger partial charge in [0, 0.05) is 0 Å². The van der Waals surface area contributed by atoms with Gasteiger partial charge in [0.25, 0.3) is 20.0 Å². The second-order valence-corrected chi connectivity index (χ2v) is 22.2. The lowest BCUT2D eigenvalue weighted by atomic mass is 10.1. The van der Waals surface area contributed by atoms with Gasteiger partial charge in [-0.2, -0.15) is 0 Å². The summed E-state index contributed by atoms with van der Waals surface area (Å²) in [6.45, 7) is 17.8. The van der Waals surface area contributed by atoms with Crippen molar-refractivity contribution in [2.24, 2.45) is 0 Å². The van der Waals surface area contributed by atoms with Crippen LogP contribution in [0.1, 0.15) is 63.8 Å².